The van der Waals surface area contributed by atoms with Crippen molar-refractivity contribution in [1.82, 2.24) is 9.88 Å². The summed E-state index contributed by atoms with van der Waals surface area (Å²) >= 11 is 5.86. The first-order chi connectivity index (χ1) is 15.6. The first-order valence-electron chi connectivity index (χ1n) is 10.8. The van der Waals surface area contributed by atoms with E-state index >= 15 is 0 Å². The van der Waals surface area contributed by atoms with Crippen molar-refractivity contribution in [1.29, 1.82) is 0 Å². The summed E-state index contributed by atoms with van der Waals surface area (Å²) < 4.78 is 13.4. The van der Waals surface area contributed by atoms with Crippen molar-refractivity contribution in [3.8, 4) is 0 Å². The van der Waals surface area contributed by atoms with E-state index in [1.54, 1.807) is 30.3 Å². The van der Waals surface area contributed by atoms with Gasteiger partial charge < -0.3 is 10.6 Å². The molecule has 0 spiro atoms. The number of hydrogen-bond donors (Lipinski definition) is 2. The lowest BCUT2D eigenvalue weighted by Crippen LogP contribution is -2.35. The minimum atomic E-state index is -0.215. The number of amides is 1. The molecule has 0 aliphatic carbocycles. The van der Waals surface area contributed by atoms with Crippen LogP contribution in [0.4, 0.5) is 15.9 Å². The molecule has 3 aromatic rings. The second-order valence-corrected chi connectivity index (χ2v) is 8.53. The van der Waals surface area contributed by atoms with Crippen LogP contribution in [0.15, 0.2) is 66.9 Å². The highest BCUT2D eigenvalue weighted by Gasteiger charge is 2.20. The molecule has 1 aliphatic heterocycles. The minimum Gasteiger partial charge on any atom is -0.384 e. The number of hydrogen-bond acceptors (Lipinski definition) is 4. The molecule has 166 valence electrons. The standard InChI is InChI=1S/C25H26ClFN4O/c26-20-8-9-24(29-16-20)30-25(32)22-6-1-2-7-23(22)28-15-18-10-12-31(13-11-18)17-19-4-3-5-21(27)14-19/h1-9,14,16,18,28H,10-13,15,17H2,(H,29,30,32). The zero-order chi connectivity index (χ0) is 22.3. The Kier molecular flexibility index (Phi) is 7.35. The van der Waals surface area contributed by atoms with Gasteiger partial charge in [0.05, 0.1) is 10.6 Å². The Morgan fingerprint density at radius 1 is 1.09 bits per heavy atom. The Morgan fingerprint density at radius 3 is 2.66 bits per heavy atom. The SMILES string of the molecule is O=C(Nc1ccc(Cl)cn1)c1ccccc1NCC1CCN(Cc2cccc(F)c2)CC1. The molecule has 0 radical (unpaired) electrons. The average Bonchev–Trinajstić information content (AvgIpc) is 2.80. The van der Waals surface area contributed by atoms with E-state index in [0.717, 1.165) is 50.3 Å². The molecule has 32 heavy (non-hydrogen) atoms. The Hall–Kier alpha value is -2.96. The summed E-state index contributed by atoms with van der Waals surface area (Å²) in [6, 6.07) is 17.7. The normalized spacial score (nSPS) is 14.8. The number of pyridine rings is 1. The first-order valence-corrected chi connectivity index (χ1v) is 11.2. The number of aromatic nitrogens is 1. The molecular formula is C25H26ClFN4O. The zero-order valence-corrected chi connectivity index (χ0v) is 18.5. The fourth-order valence-electron chi connectivity index (χ4n) is 3.97. The number of para-hydroxylation sites is 1. The van der Waals surface area contributed by atoms with E-state index in [1.807, 2.05) is 24.3 Å². The third-order valence-electron chi connectivity index (χ3n) is 5.72. The average molecular weight is 453 g/mol. The van der Waals surface area contributed by atoms with Crippen LogP contribution in [-0.2, 0) is 6.54 Å². The summed E-state index contributed by atoms with van der Waals surface area (Å²) in [5, 5.41) is 6.80. The molecule has 5 nitrogen and oxygen atoms in total. The second-order valence-electron chi connectivity index (χ2n) is 8.09. The molecule has 1 aliphatic rings. The van der Waals surface area contributed by atoms with Gasteiger partial charge in [-0.3, -0.25) is 9.69 Å². The fourth-order valence-corrected chi connectivity index (χ4v) is 4.08. The van der Waals surface area contributed by atoms with Gasteiger partial charge in [-0.2, -0.15) is 0 Å². The Balaban J connectivity index is 1.29. The number of nitrogens with one attached hydrogen (secondary N) is 2. The monoisotopic (exact) mass is 452 g/mol. The molecule has 0 unspecified atom stereocenters. The molecule has 0 saturated carbocycles. The topological polar surface area (TPSA) is 57.3 Å². The van der Waals surface area contributed by atoms with Gasteiger partial charge in [0, 0.05) is 25.0 Å². The maximum absolute atomic E-state index is 13.4. The number of carbonyl (C=O) groups is 1. The third-order valence-corrected chi connectivity index (χ3v) is 5.95. The van der Waals surface area contributed by atoms with Crippen LogP contribution in [0.2, 0.25) is 5.02 Å². The van der Waals surface area contributed by atoms with Crippen molar-refractivity contribution < 1.29 is 9.18 Å². The predicted octanol–water partition coefficient (Wildman–Crippen LogP) is 5.45. The van der Waals surface area contributed by atoms with Crippen molar-refractivity contribution in [3.63, 3.8) is 0 Å². The molecule has 2 heterocycles. The maximum Gasteiger partial charge on any atom is 0.258 e. The summed E-state index contributed by atoms with van der Waals surface area (Å²) in [5.41, 5.74) is 2.39. The number of anilines is 2. The van der Waals surface area contributed by atoms with Crippen LogP contribution < -0.4 is 10.6 Å². The van der Waals surface area contributed by atoms with Crippen LogP contribution in [-0.4, -0.2) is 35.4 Å². The number of halogens is 2. The van der Waals surface area contributed by atoms with Crippen LogP contribution in [0.3, 0.4) is 0 Å². The molecule has 4 rings (SSSR count). The largest absolute Gasteiger partial charge is 0.384 e. The fraction of sp³-hybridized carbons (Fsp3) is 0.280. The Morgan fingerprint density at radius 2 is 1.91 bits per heavy atom. The molecule has 1 fully saturated rings. The van der Waals surface area contributed by atoms with Gasteiger partial charge in [-0.25, -0.2) is 9.37 Å². The third kappa shape index (κ3) is 6.05. The number of carbonyl (C=O) groups excluding carboxylic acids is 1. The highest BCUT2D eigenvalue weighted by atomic mass is 35.5. The van der Waals surface area contributed by atoms with Gasteiger partial charge in [0.1, 0.15) is 11.6 Å². The lowest BCUT2D eigenvalue weighted by atomic mass is 9.96. The van der Waals surface area contributed by atoms with Gasteiger partial charge in [0.25, 0.3) is 5.91 Å². The van der Waals surface area contributed by atoms with E-state index in [2.05, 4.69) is 20.5 Å². The molecule has 2 aromatic carbocycles. The number of benzene rings is 2. The minimum absolute atomic E-state index is 0.184. The molecule has 2 N–H and O–H groups in total. The summed E-state index contributed by atoms with van der Waals surface area (Å²) in [7, 11) is 0. The summed E-state index contributed by atoms with van der Waals surface area (Å²) in [6.07, 6.45) is 3.62. The molecule has 7 heteroatoms. The van der Waals surface area contributed by atoms with Crippen LogP contribution in [0.1, 0.15) is 28.8 Å². The second kappa shape index (κ2) is 10.6. The molecule has 0 bridgehead atoms. The van der Waals surface area contributed by atoms with E-state index in [-0.39, 0.29) is 11.7 Å². The van der Waals surface area contributed by atoms with Gasteiger partial charge in [-0.15, -0.1) is 0 Å². The quantitative estimate of drug-likeness (QED) is 0.500. The Labute approximate surface area is 192 Å². The van der Waals surface area contributed by atoms with Crippen molar-refractivity contribution in [2.75, 3.05) is 30.3 Å². The van der Waals surface area contributed by atoms with E-state index in [9.17, 15) is 9.18 Å². The van der Waals surface area contributed by atoms with Gasteiger partial charge in [0.2, 0.25) is 0 Å². The highest BCUT2D eigenvalue weighted by molar-refractivity contribution is 6.30. The van der Waals surface area contributed by atoms with Gasteiger partial charge in [-0.05, 0) is 73.8 Å². The van der Waals surface area contributed by atoms with E-state index in [1.165, 1.54) is 12.3 Å². The maximum atomic E-state index is 13.4. The van der Waals surface area contributed by atoms with Gasteiger partial charge in [0.15, 0.2) is 0 Å². The van der Waals surface area contributed by atoms with Crippen molar-refractivity contribution in [2.45, 2.75) is 19.4 Å². The molecular weight excluding hydrogens is 427 g/mol. The van der Waals surface area contributed by atoms with Crippen molar-refractivity contribution >= 4 is 29.0 Å². The number of nitrogens with zero attached hydrogens (tertiary/aromatic N) is 2. The number of piperidine rings is 1. The van der Waals surface area contributed by atoms with Gasteiger partial charge in [-0.1, -0.05) is 35.9 Å². The predicted molar refractivity (Wildman–Crippen MR) is 127 cm³/mol. The van der Waals surface area contributed by atoms with Crippen LogP contribution >= 0.6 is 11.6 Å². The van der Waals surface area contributed by atoms with Gasteiger partial charge >= 0.3 is 0 Å². The smallest absolute Gasteiger partial charge is 0.258 e. The molecule has 1 amide bonds. The van der Waals surface area contributed by atoms with Crippen molar-refractivity contribution in [2.24, 2.45) is 5.92 Å². The molecule has 0 atom stereocenters. The molecule has 1 saturated heterocycles. The van der Waals surface area contributed by atoms with Crippen LogP contribution in [0, 0.1) is 11.7 Å². The number of likely N-dealkylation sites (tertiary alicyclic amines) is 1. The lowest BCUT2D eigenvalue weighted by Gasteiger charge is -2.32. The van der Waals surface area contributed by atoms with E-state index in [4.69, 9.17) is 11.6 Å². The Bertz CT molecular complexity index is 1050. The summed E-state index contributed by atoms with van der Waals surface area (Å²) in [4.78, 5) is 19.2. The summed E-state index contributed by atoms with van der Waals surface area (Å²) in [6.45, 7) is 3.54. The zero-order valence-electron chi connectivity index (χ0n) is 17.7. The van der Waals surface area contributed by atoms with Crippen LogP contribution in [0.25, 0.3) is 0 Å². The number of rotatable bonds is 7. The summed E-state index contributed by atoms with van der Waals surface area (Å²) in [5.74, 6) is 0.580. The van der Waals surface area contributed by atoms with Crippen LogP contribution in [0.5, 0.6) is 0 Å². The van der Waals surface area contributed by atoms with Crippen molar-refractivity contribution in [3.05, 3.63) is 88.8 Å². The van der Waals surface area contributed by atoms with E-state index in [0.29, 0.717) is 22.3 Å². The highest BCUT2D eigenvalue weighted by Crippen LogP contribution is 2.22. The first kappa shape index (κ1) is 22.2. The van der Waals surface area contributed by atoms with E-state index < -0.39 is 0 Å². The molecule has 1 aromatic heterocycles. The lowest BCUT2D eigenvalue weighted by molar-refractivity contribution is 0.102.